The Kier molecular flexibility index (Phi) is 6.09. The summed E-state index contributed by atoms with van der Waals surface area (Å²) >= 11 is 0. The predicted octanol–water partition coefficient (Wildman–Crippen LogP) is 5.07. The van der Waals surface area contributed by atoms with Crippen LogP contribution in [0.4, 0.5) is 16.2 Å². The molecule has 1 heterocycles. The van der Waals surface area contributed by atoms with Crippen LogP contribution in [0.5, 0.6) is 0 Å². The Morgan fingerprint density at radius 3 is 2.18 bits per heavy atom. The predicted molar refractivity (Wildman–Crippen MR) is 135 cm³/mol. The molecular weight excluding hydrogens is 426 g/mol. The number of carbonyl (C=O) groups excluding carboxylic acids is 2. The van der Waals surface area contributed by atoms with Crippen molar-refractivity contribution in [2.45, 2.75) is 38.5 Å². The van der Waals surface area contributed by atoms with E-state index in [1.165, 1.54) is 0 Å². The Morgan fingerprint density at radius 1 is 0.941 bits per heavy atom. The van der Waals surface area contributed by atoms with Crippen LogP contribution in [0, 0.1) is 0 Å². The summed E-state index contributed by atoms with van der Waals surface area (Å²) in [5.41, 5.74) is 2.06. The van der Waals surface area contributed by atoms with Crippen molar-refractivity contribution in [2.75, 3.05) is 23.9 Å². The van der Waals surface area contributed by atoms with E-state index in [0.717, 1.165) is 22.5 Å². The smallest absolute Gasteiger partial charge is 0.409 e. The summed E-state index contributed by atoms with van der Waals surface area (Å²) in [6.45, 7) is 5.80. The van der Waals surface area contributed by atoms with Gasteiger partial charge in [-0.2, -0.15) is 0 Å². The van der Waals surface area contributed by atoms with E-state index in [1.807, 2.05) is 97.9 Å². The first-order valence-electron chi connectivity index (χ1n) is 11.4. The zero-order valence-corrected chi connectivity index (χ0v) is 20.3. The summed E-state index contributed by atoms with van der Waals surface area (Å²) in [7, 11) is 3.92. The maximum absolute atomic E-state index is 14.3. The number of rotatable bonds is 5. The van der Waals surface area contributed by atoms with E-state index in [2.05, 4.69) is 5.32 Å². The summed E-state index contributed by atoms with van der Waals surface area (Å²) < 4.78 is 5.60. The molecule has 3 aromatic carbocycles. The van der Waals surface area contributed by atoms with E-state index >= 15 is 0 Å². The van der Waals surface area contributed by atoms with Crippen molar-refractivity contribution in [3.8, 4) is 0 Å². The van der Waals surface area contributed by atoms with Gasteiger partial charge in [0.1, 0.15) is 5.60 Å². The first kappa shape index (κ1) is 23.4. The molecule has 0 spiro atoms. The lowest BCUT2D eigenvalue weighted by molar-refractivity contribution is -0.123. The number of nitrogens with zero attached hydrogens (tertiary/aromatic N) is 2. The molecule has 0 aliphatic carbocycles. The van der Waals surface area contributed by atoms with Gasteiger partial charge < -0.3 is 14.5 Å². The minimum absolute atomic E-state index is 0.221. The van der Waals surface area contributed by atoms with Gasteiger partial charge in [0.25, 0.3) is 5.91 Å². The summed E-state index contributed by atoms with van der Waals surface area (Å²) in [5.74, 6) is -0.221. The van der Waals surface area contributed by atoms with Gasteiger partial charge >= 0.3 is 6.09 Å². The molecule has 6 nitrogen and oxygen atoms in total. The Bertz CT molecular complexity index is 1180. The fourth-order valence-corrected chi connectivity index (χ4v) is 4.31. The van der Waals surface area contributed by atoms with Crippen LogP contribution >= 0.6 is 0 Å². The number of anilines is 2. The van der Waals surface area contributed by atoms with Crippen molar-refractivity contribution in [2.24, 2.45) is 0 Å². The van der Waals surface area contributed by atoms with Gasteiger partial charge in [0.15, 0.2) is 5.54 Å². The highest BCUT2D eigenvalue weighted by Crippen LogP contribution is 2.45. The van der Waals surface area contributed by atoms with Crippen LogP contribution in [0.25, 0.3) is 0 Å². The van der Waals surface area contributed by atoms with E-state index < -0.39 is 17.2 Å². The second-order valence-electron chi connectivity index (χ2n) is 9.71. The second-order valence-corrected chi connectivity index (χ2v) is 9.71. The molecule has 0 bridgehead atoms. The summed E-state index contributed by atoms with van der Waals surface area (Å²) in [5, 5.41) is 2.97. The van der Waals surface area contributed by atoms with Gasteiger partial charge in [-0.05, 0) is 50.1 Å². The van der Waals surface area contributed by atoms with Crippen LogP contribution in [0.15, 0.2) is 78.9 Å². The van der Waals surface area contributed by atoms with Crippen LogP contribution in [0.3, 0.4) is 0 Å². The monoisotopic (exact) mass is 457 g/mol. The lowest BCUT2D eigenvalue weighted by atomic mass is 9.83. The highest BCUT2D eigenvalue weighted by atomic mass is 16.6. The van der Waals surface area contributed by atoms with Crippen molar-refractivity contribution in [1.82, 2.24) is 5.32 Å². The van der Waals surface area contributed by atoms with Crippen molar-refractivity contribution in [3.63, 3.8) is 0 Å². The third kappa shape index (κ3) is 4.36. The molecule has 1 atom stereocenters. The molecule has 0 unspecified atom stereocenters. The molecule has 0 radical (unpaired) electrons. The van der Waals surface area contributed by atoms with E-state index in [1.54, 1.807) is 25.7 Å². The Morgan fingerprint density at radius 2 is 1.56 bits per heavy atom. The fourth-order valence-electron chi connectivity index (χ4n) is 4.31. The highest BCUT2D eigenvalue weighted by Gasteiger charge is 2.53. The SMILES string of the molecule is CN(C)c1ccc([C@@]2(NC(=O)OC(C)(C)C)C(=O)N(Cc3ccccc3)c3ccccc32)cc1. The molecule has 0 saturated heterocycles. The number of benzene rings is 3. The van der Waals surface area contributed by atoms with E-state index in [0.29, 0.717) is 12.1 Å². The molecule has 1 N–H and O–H groups in total. The van der Waals surface area contributed by atoms with Gasteiger partial charge in [0.2, 0.25) is 0 Å². The third-order valence-electron chi connectivity index (χ3n) is 5.85. The molecule has 6 heteroatoms. The van der Waals surface area contributed by atoms with Gasteiger partial charge in [-0.1, -0.05) is 60.7 Å². The third-order valence-corrected chi connectivity index (χ3v) is 5.85. The zero-order valence-electron chi connectivity index (χ0n) is 20.3. The van der Waals surface area contributed by atoms with Crippen LogP contribution in [0.1, 0.15) is 37.5 Å². The molecule has 0 saturated carbocycles. The summed E-state index contributed by atoms with van der Waals surface area (Å²) in [6, 6.07) is 25.1. The molecule has 4 rings (SSSR count). The van der Waals surface area contributed by atoms with Gasteiger partial charge in [-0.25, -0.2) is 4.79 Å². The van der Waals surface area contributed by atoms with Crippen molar-refractivity contribution < 1.29 is 14.3 Å². The molecule has 3 aromatic rings. The number of hydrogen-bond acceptors (Lipinski definition) is 4. The van der Waals surface area contributed by atoms with Gasteiger partial charge in [-0.3, -0.25) is 10.1 Å². The maximum Gasteiger partial charge on any atom is 0.409 e. The van der Waals surface area contributed by atoms with Crippen molar-refractivity contribution in [3.05, 3.63) is 95.6 Å². The Hall–Kier alpha value is -3.80. The van der Waals surface area contributed by atoms with Crippen LogP contribution < -0.4 is 15.1 Å². The molecule has 0 fully saturated rings. The summed E-state index contributed by atoms with van der Waals surface area (Å²) in [6.07, 6.45) is -0.645. The lowest BCUT2D eigenvalue weighted by Crippen LogP contribution is -2.54. The number of fused-ring (bicyclic) bond motifs is 1. The van der Waals surface area contributed by atoms with Crippen LogP contribution in [-0.2, 0) is 21.6 Å². The summed E-state index contributed by atoms with van der Waals surface area (Å²) in [4.78, 5) is 31.1. The first-order valence-corrected chi connectivity index (χ1v) is 11.4. The molecule has 2 amide bonds. The van der Waals surface area contributed by atoms with E-state index in [-0.39, 0.29) is 5.91 Å². The average molecular weight is 458 g/mol. The number of para-hydroxylation sites is 1. The average Bonchev–Trinajstić information content (AvgIpc) is 3.02. The van der Waals surface area contributed by atoms with Crippen LogP contribution in [-0.4, -0.2) is 31.7 Å². The normalized spacial score (nSPS) is 17.3. The Balaban J connectivity index is 1.85. The van der Waals surface area contributed by atoms with Crippen molar-refractivity contribution >= 4 is 23.4 Å². The minimum atomic E-state index is -1.40. The number of carbonyl (C=O) groups is 2. The molecule has 1 aliphatic heterocycles. The molecule has 34 heavy (non-hydrogen) atoms. The van der Waals surface area contributed by atoms with Crippen molar-refractivity contribution in [1.29, 1.82) is 0 Å². The first-order chi connectivity index (χ1) is 16.1. The minimum Gasteiger partial charge on any atom is -0.444 e. The number of hydrogen-bond donors (Lipinski definition) is 1. The number of alkyl carbamates (subject to hydrolysis) is 1. The highest BCUT2D eigenvalue weighted by molar-refractivity contribution is 6.11. The largest absolute Gasteiger partial charge is 0.444 e. The zero-order chi connectivity index (χ0) is 24.5. The quantitative estimate of drug-likeness (QED) is 0.581. The number of amides is 2. The van der Waals surface area contributed by atoms with Gasteiger partial charge in [-0.15, -0.1) is 0 Å². The van der Waals surface area contributed by atoms with Gasteiger partial charge in [0, 0.05) is 25.3 Å². The number of nitrogens with one attached hydrogen (secondary N) is 1. The van der Waals surface area contributed by atoms with E-state index in [4.69, 9.17) is 4.74 Å². The van der Waals surface area contributed by atoms with Crippen LogP contribution in [0.2, 0.25) is 0 Å². The molecule has 176 valence electrons. The lowest BCUT2D eigenvalue weighted by Gasteiger charge is -2.32. The molecular formula is C28H31N3O3. The fraction of sp³-hybridized carbons (Fsp3) is 0.286. The Labute approximate surface area is 201 Å². The van der Waals surface area contributed by atoms with Gasteiger partial charge in [0.05, 0.1) is 12.2 Å². The second kappa shape index (κ2) is 8.86. The number of ether oxygens (including phenoxy) is 1. The maximum atomic E-state index is 14.3. The van der Waals surface area contributed by atoms with E-state index in [9.17, 15) is 9.59 Å². The topological polar surface area (TPSA) is 61.9 Å². The molecule has 1 aliphatic rings. The molecule has 0 aromatic heterocycles. The standard InChI is InChI=1S/C28H31N3O3/c1-27(2,3)34-26(33)29-28(21-15-17-22(18-16-21)30(4)5)23-13-9-10-14-24(23)31(25(28)32)19-20-11-7-6-8-12-20/h6-18H,19H2,1-5H3,(H,29,33)/t28-/m0/s1.